The third-order valence-corrected chi connectivity index (χ3v) is 6.55. The standard InChI is InChI=1S/C29H27N3O5/c1-19-8-5-12-26(20(19)2)37-15-7-13-31-17-21(23-10-3-4-11-25(23)31)16-24-27(33)30-29(35)32(28(24)34)18-22-9-6-14-36-22/h3-6,8-12,14,16-17H,7,13,15,18H2,1-2H3,(H,30,33,35)/b24-16+. The van der Waals surface area contributed by atoms with Crippen molar-refractivity contribution in [1.82, 2.24) is 14.8 Å². The molecule has 8 heteroatoms. The minimum Gasteiger partial charge on any atom is -0.493 e. The molecule has 1 aliphatic rings. The molecule has 0 saturated carbocycles. The zero-order valence-corrected chi connectivity index (χ0v) is 20.7. The number of fused-ring (bicyclic) bond motifs is 1. The highest BCUT2D eigenvalue weighted by atomic mass is 16.5. The van der Waals surface area contributed by atoms with Crippen LogP contribution in [0.15, 0.2) is 77.0 Å². The molecule has 1 N–H and O–H groups in total. The summed E-state index contributed by atoms with van der Waals surface area (Å²) in [7, 11) is 0. The molecule has 0 atom stereocenters. The van der Waals surface area contributed by atoms with Crippen LogP contribution in [-0.2, 0) is 22.7 Å². The highest BCUT2D eigenvalue weighted by molar-refractivity contribution is 6.31. The fourth-order valence-electron chi connectivity index (χ4n) is 4.42. The summed E-state index contributed by atoms with van der Waals surface area (Å²) in [6, 6.07) is 16.4. The van der Waals surface area contributed by atoms with E-state index >= 15 is 0 Å². The Kier molecular flexibility index (Phi) is 6.64. The van der Waals surface area contributed by atoms with Gasteiger partial charge in [-0.2, -0.15) is 0 Å². The second kappa shape index (κ2) is 10.2. The molecule has 0 unspecified atom stereocenters. The van der Waals surface area contributed by atoms with Crippen LogP contribution >= 0.6 is 0 Å². The highest BCUT2D eigenvalue weighted by Gasteiger charge is 2.36. The van der Waals surface area contributed by atoms with E-state index in [1.165, 1.54) is 11.8 Å². The monoisotopic (exact) mass is 497 g/mol. The molecule has 1 saturated heterocycles. The predicted octanol–water partition coefficient (Wildman–Crippen LogP) is 4.98. The predicted molar refractivity (Wildman–Crippen MR) is 139 cm³/mol. The van der Waals surface area contributed by atoms with Gasteiger partial charge in [0, 0.05) is 29.2 Å². The first kappa shape index (κ1) is 24.1. The molecule has 4 amide bonds. The Morgan fingerprint density at radius 1 is 1.00 bits per heavy atom. The second-order valence-electron chi connectivity index (χ2n) is 8.98. The first-order valence-electron chi connectivity index (χ1n) is 12.1. The number of aromatic nitrogens is 1. The summed E-state index contributed by atoms with van der Waals surface area (Å²) in [6.07, 6.45) is 5.70. The van der Waals surface area contributed by atoms with Crippen LogP contribution in [0.3, 0.4) is 0 Å². The van der Waals surface area contributed by atoms with Crippen LogP contribution in [0.5, 0.6) is 5.75 Å². The normalized spacial score (nSPS) is 15.0. The number of para-hydroxylation sites is 1. The number of rotatable bonds is 8. The lowest BCUT2D eigenvalue weighted by Crippen LogP contribution is -2.53. The van der Waals surface area contributed by atoms with Gasteiger partial charge >= 0.3 is 6.03 Å². The third-order valence-electron chi connectivity index (χ3n) is 6.55. The lowest BCUT2D eigenvalue weighted by molar-refractivity contribution is -0.130. The van der Waals surface area contributed by atoms with E-state index in [2.05, 4.69) is 29.8 Å². The van der Waals surface area contributed by atoms with E-state index in [4.69, 9.17) is 9.15 Å². The summed E-state index contributed by atoms with van der Waals surface area (Å²) in [5, 5.41) is 3.16. The summed E-state index contributed by atoms with van der Waals surface area (Å²) >= 11 is 0. The molecular weight excluding hydrogens is 470 g/mol. The lowest BCUT2D eigenvalue weighted by atomic mass is 10.1. The number of aryl methyl sites for hydroxylation is 2. The highest BCUT2D eigenvalue weighted by Crippen LogP contribution is 2.26. The molecule has 0 aliphatic carbocycles. The first-order chi connectivity index (χ1) is 17.9. The molecule has 4 aromatic rings. The van der Waals surface area contributed by atoms with Gasteiger partial charge in [0.05, 0.1) is 19.4 Å². The quantitative estimate of drug-likeness (QED) is 0.210. The third kappa shape index (κ3) is 4.91. The number of carbonyl (C=O) groups excluding carboxylic acids is 3. The first-order valence-corrected chi connectivity index (χ1v) is 12.1. The number of benzene rings is 2. The Morgan fingerprint density at radius 2 is 1.84 bits per heavy atom. The lowest BCUT2D eigenvalue weighted by Gasteiger charge is -2.25. The van der Waals surface area contributed by atoms with Crippen molar-refractivity contribution in [1.29, 1.82) is 0 Å². The van der Waals surface area contributed by atoms with Gasteiger partial charge in [0.15, 0.2) is 0 Å². The summed E-state index contributed by atoms with van der Waals surface area (Å²) in [6.45, 7) is 5.30. The zero-order valence-electron chi connectivity index (χ0n) is 20.7. The average molecular weight is 498 g/mol. The number of hydrogen-bond acceptors (Lipinski definition) is 5. The van der Waals surface area contributed by atoms with Crippen LogP contribution in [0.4, 0.5) is 4.79 Å². The number of nitrogens with one attached hydrogen (secondary N) is 1. The van der Waals surface area contributed by atoms with Crippen molar-refractivity contribution in [2.75, 3.05) is 6.61 Å². The summed E-state index contributed by atoms with van der Waals surface area (Å²) < 4.78 is 13.4. The number of hydrogen-bond donors (Lipinski definition) is 1. The largest absolute Gasteiger partial charge is 0.493 e. The molecule has 0 bridgehead atoms. The van der Waals surface area contributed by atoms with Gasteiger partial charge < -0.3 is 13.7 Å². The van der Waals surface area contributed by atoms with E-state index in [9.17, 15) is 14.4 Å². The van der Waals surface area contributed by atoms with E-state index in [0.717, 1.165) is 39.1 Å². The Labute approximate surface area is 214 Å². The number of nitrogens with zero attached hydrogens (tertiary/aromatic N) is 2. The van der Waals surface area contributed by atoms with Crippen molar-refractivity contribution in [3.8, 4) is 5.75 Å². The molecule has 37 heavy (non-hydrogen) atoms. The van der Waals surface area contributed by atoms with Crippen LogP contribution in [0.25, 0.3) is 17.0 Å². The van der Waals surface area contributed by atoms with Crippen LogP contribution in [0.1, 0.15) is 28.9 Å². The average Bonchev–Trinajstić information content (AvgIpc) is 3.53. The maximum absolute atomic E-state index is 13.1. The van der Waals surface area contributed by atoms with Crippen molar-refractivity contribution < 1.29 is 23.5 Å². The molecule has 0 spiro atoms. The maximum Gasteiger partial charge on any atom is 0.331 e. The van der Waals surface area contributed by atoms with Gasteiger partial charge in [-0.05, 0) is 61.7 Å². The van der Waals surface area contributed by atoms with Crippen LogP contribution in [-0.4, -0.2) is 33.9 Å². The van der Waals surface area contributed by atoms with Crippen LogP contribution < -0.4 is 10.1 Å². The van der Waals surface area contributed by atoms with E-state index in [0.29, 0.717) is 18.9 Å². The molecular formula is C29H27N3O5. The van der Waals surface area contributed by atoms with E-state index in [1.54, 1.807) is 18.2 Å². The van der Waals surface area contributed by atoms with Crippen LogP contribution in [0, 0.1) is 13.8 Å². The summed E-state index contributed by atoms with van der Waals surface area (Å²) in [5.41, 5.74) is 3.92. The molecule has 188 valence electrons. The van der Waals surface area contributed by atoms with E-state index in [1.807, 2.05) is 42.6 Å². The summed E-state index contributed by atoms with van der Waals surface area (Å²) in [5.74, 6) is -0.0523. The zero-order chi connectivity index (χ0) is 25.9. The van der Waals surface area contributed by atoms with Gasteiger partial charge in [0.25, 0.3) is 11.8 Å². The van der Waals surface area contributed by atoms with Gasteiger partial charge in [-0.15, -0.1) is 0 Å². The fourth-order valence-corrected chi connectivity index (χ4v) is 4.42. The molecule has 8 nitrogen and oxygen atoms in total. The number of furan rings is 1. The van der Waals surface area contributed by atoms with Gasteiger partial charge in [-0.3, -0.25) is 19.8 Å². The molecule has 3 heterocycles. The van der Waals surface area contributed by atoms with E-state index < -0.39 is 17.8 Å². The molecule has 0 radical (unpaired) electrons. The van der Waals surface area contributed by atoms with E-state index in [-0.39, 0.29) is 12.1 Å². The van der Waals surface area contributed by atoms with Crippen molar-refractivity contribution in [2.45, 2.75) is 33.4 Å². The van der Waals surface area contributed by atoms with Crippen molar-refractivity contribution >= 4 is 34.8 Å². The molecule has 2 aromatic carbocycles. The smallest absolute Gasteiger partial charge is 0.331 e. The Hall–Kier alpha value is -4.59. The Bertz CT molecular complexity index is 1510. The Balaban J connectivity index is 1.36. The number of urea groups is 1. The second-order valence-corrected chi connectivity index (χ2v) is 8.98. The minimum absolute atomic E-state index is 0.0650. The van der Waals surface area contributed by atoms with Gasteiger partial charge in [0.1, 0.15) is 17.1 Å². The van der Waals surface area contributed by atoms with Crippen molar-refractivity contribution in [2.24, 2.45) is 0 Å². The number of amides is 4. The van der Waals surface area contributed by atoms with Crippen molar-refractivity contribution in [3.05, 3.63) is 95.1 Å². The van der Waals surface area contributed by atoms with Gasteiger partial charge in [-0.1, -0.05) is 30.3 Å². The number of ether oxygens (including phenoxy) is 1. The fraction of sp³-hybridized carbons (Fsp3) is 0.207. The molecule has 1 aliphatic heterocycles. The van der Waals surface area contributed by atoms with Crippen molar-refractivity contribution in [3.63, 3.8) is 0 Å². The van der Waals surface area contributed by atoms with Gasteiger partial charge in [-0.25, -0.2) is 4.79 Å². The number of carbonyl (C=O) groups is 3. The van der Waals surface area contributed by atoms with Gasteiger partial charge in [0.2, 0.25) is 0 Å². The Morgan fingerprint density at radius 3 is 2.65 bits per heavy atom. The SMILES string of the molecule is Cc1cccc(OCCCn2cc(/C=C3\C(=O)NC(=O)N(Cc4ccco4)C3=O)c3ccccc32)c1C. The molecule has 1 fully saturated rings. The maximum atomic E-state index is 13.1. The number of barbiturate groups is 1. The molecule has 5 rings (SSSR count). The summed E-state index contributed by atoms with van der Waals surface area (Å²) in [4.78, 5) is 39.0. The molecule has 2 aromatic heterocycles. The number of imide groups is 2. The van der Waals surface area contributed by atoms with Crippen LogP contribution in [0.2, 0.25) is 0 Å². The minimum atomic E-state index is -0.769. The topological polar surface area (TPSA) is 93.8 Å².